The lowest BCUT2D eigenvalue weighted by Crippen LogP contribution is -2.36. The van der Waals surface area contributed by atoms with E-state index in [1.165, 1.54) is 36.6 Å². The Kier molecular flexibility index (Phi) is 7.15. The number of hydrogen-bond donors (Lipinski definition) is 2. The summed E-state index contributed by atoms with van der Waals surface area (Å²) in [5, 5.41) is 10.2. The van der Waals surface area contributed by atoms with Gasteiger partial charge in [0, 0.05) is 37.7 Å². The lowest BCUT2D eigenvalue weighted by molar-refractivity contribution is 0.0946. The quantitative estimate of drug-likeness (QED) is 0.365. The number of anilines is 1. The number of thiazole rings is 1. The minimum Gasteiger partial charge on any atom is -0.481 e. The highest BCUT2D eigenvalue weighted by atomic mass is 32.1. The molecule has 2 N–H and O–H groups in total. The summed E-state index contributed by atoms with van der Waals surface area (Å²) >= 11 is 1.42. The van der Waals surface area contributed by atoms with Crippen molar-refractivity contribution in [2.45, 2.75) is 32.7 Å². The normalized spacial score (nSPS) is 15.7. The lowest BCUT2D eigenvalue weighted by atomic mass is 10.2. The van der Waals surface area contributed by atoms with Crippen LogP contribution in [0.4, 0.5) is 5.69 Å². The second kappa shape index (κ2) is 10.7. The largest absolute Gasteiger partial charge is 0.481 e. The van der Waals surface area contributed by atoms with Crippen molar-refractivity contribution in [1.29, 1.82) is 0 Å². The molecule has 5 heterocycles. The van der Waals surface area contributed by atoms with Gasteiger partial charge in [0.25, 0.3) is 11.8 Å². The summed E-state index contributed by atoms with van der Waals surface area (Å²) in [5.74, 6) is -0.0344. The van der Waals surface area contributed by atoms with Gasteiger partial charge in [-0.1, -0.05) is 0 Å². The monoisotopic (exact) mass is 519 g/mol. The van der Waals surface area contributed by atoms with Crippen LogP contribution in [0.15, 0.2) is 43.0 Å². The van der Waals surface area contributed by atoms with Crippen LogP contribution >= 0.6 is 11.3 Å². The molecular weight excluding hydrogens is 490 g/mol. The molecule has 5 rings (SSSR count). The number of nitrogens with one attached hydrogen (secondary N) is 2. The van der Waals surface area contributed by atoms with E-state index in [9.17, 15) is 9.59 Å². The zero-order chi connectivity index (χ0) is 25.9. The number of carbonyl (C=O) groups excluding carboxylic acids is 2. The van der Waals surface area contributed by atoms with Crippen LogP contribution < -0.4 is 15.4 Å². The molecule has 4 aromatic heterocycles. The van der Waals surface area contributed by atoms with Gasteiger partial charge in [0.05, 0.1) is 46.3 Å². The number of likely N-dealkylation sites (tertiary alicyclic amines) is 1. The number of methoxy groups -OCH3 is 1. The molecule has 1 atom stereocenters. The first-order valence-electron chi connectivity index (χ1n) is 12.2. The average molecular weight is 520 g/mol. The van der Waals surface area contributed by atoms with Crippen LogP contribution in [0.2, 0.25) is 0 Å². The summed E-state index contributed by atoms with van der Waals surface area (Å²) in [5.41, 5.74) is 2.75. The molecule has 11 heteroatoms. The number of aromatic nitrogens is 4. The average Bonchev–Trinajstić information content (AvgIpc) is 3.61. The smallest absolute Gasteiger partial charge is 0.260 e. The van der Waals surface area contributed by atoms with Gasteiger partial charge in [0.1, 0.15) is 4.83 Å². The third-order valence-corrected chi connectivity index (χ3v) is 7.79. The Labute approximate surface area is 218 Å². The fourth-order valence-electron chi connectivity index (χ4n) is 4.52. The number of pyridine rings is 2. The molecule has 1 aliphatic rings. The molecule has 4 aromatic rings. The maximum atomic E-state index is 13.2. The fraction of sp³-hybridized carbons (Fsp3) is 0.346. The van der Waals surface area contributed by atoms with Crippen molar-refractivity contribution in [3.8, 4) is 16.3 Å². The first kappa shape index (κ1) is 24.8. The number of hydrogen-bond acceptors (Lipinski definition) is 8. The van der Waals surface area contributed by atoms with Gasteiger partial charge < -0.3 is 15.4 Å². The van der Waals surface area contributed by atoms with E-state index in [2.05, 4.69) is 37.5 Å². The van der Waals surface area contributed by atoms with E-state index >= 15 is 0 Å². The van der Waals surface area contributed by atoms with E-state index in [4.69, 9.17) is 4.74 Å². The number of rotatable bonds is 8. The Hall–Kier alpha value is -3.83. The van der Waals surface area contributed by atoms with Crippen LogP contribution in [0, 0.1) is 6.92 Å². The van der Waals surface area contributed by atoms with Gasteiger partial charge in [0.2, 0.25) is 5.88 Å². The number of fused-ring (bicyclic) bond motifs is 1. The van der Waals surface area contributed by atoms with Gasteiger partial charge in [0.15, 0.2) is 0 Å². The van der Waals surface area contributed by atoms with Crippen LogP contribution in [0.5, 0.6) is 5.88 Å². The number of aryl methyl sites for hydroxylation is 1. The Morgan fingerprint density at radius 2 is 2.11 bits per heavy atom. The molecule has 37 heavy (non-hydrogen) atoms. The minimum atomic E-state index is -0.327. The summed E-state index contributed by atoms with van der Waals surface area (Å²) in [7, 11) is 1.57. The predicted molar refractivity (Wildman–Crippen MR) is 142 cm³/mol. The third kappa shape index (κ3) is 5.18. The van der Waals surface area contributed by atoms with Gasteiger partial charge in [-0.25, -0.2) is 9.50 Å². The number of nitrogens with zero attached hydrogens (tertiary/aromatic N) is 5. The van der Waals surface area contributed by atoms with Gasteiger partial charge >= 0.3 is 0 Å². The molecule has 0 aliphatic carbocycles. The molecular formula is C26H29N7O3S. The zero-order valence-electron chi connectivity index (χ0n) is 21.0. The van der Waals surface area contributed by atoms with E-state index in [0.717, 1.165) is 23.5 Å². The summed E-state index contributed by atoms with van der Waals surface area (Å²) in [4.78, 5) is 38.5. The van der Waals surface area contributed by atoms with Crippen LogP contribution in [0.1, 0.15) is 46.2 Å². The maximum absolute atomic E-state index is 13.2. The second-order valence-corrected chi connectivity index (χ2v) is 10.1. The van der Waals surface area contributed by atoms with Gasteiger partial charge in [-0.3, -0.25) is 19.5 Å². The highest BCUT2D eigenvalue weighted by Gasteiger charge is 2.21. The molecule has 0 radical (unpaired) electrons. The Bertz CT molecular complexity index is 1450. The molecule has 10 nitrogen and oxygen atoms in total. The zero-order valence-corrected chi connectivity index (χ0v) is 21.8. The Balaban J connectivity index is 1.30. The van der Waals surface area contributed by atoms with Crippen LogP contribution in [0.25, 0.3) is 15.3 Å². The Morgan fingerprint density at radius 1 is 1.24 bits per heavy atom. The predicted octanol–water partition coefficient (Wildman–Crippen LogP) is 3.64. The van der Waals surface area contributed by atoms with Crippen LogP contribution in [-0.4, -0.2) is 69.1 Å². The van der Waals surface area contributed by atoms with Gasteiger partial charge in [-0.2, -0.15) is 5.10 Å². The summed E-state index contributed by atoms with van der Waals surface area (Å²) in [6.45, 7) is 6.46. The van der Waals surface area contributed by atoms with Crippen molar-refractivity contribution in [3.63, 3.8) is 0 Å². The van der Waals surface area contributed by atoms with Gasteiger partial charge in [-0.05, 0) is 51.4 Å². The first-order valence-corrected chi connectivity index (χ1v) is 13.0. The molecule has 0 saturated carbocycles. The van der Waals surface area contributed by atoms with E-state index < -0.39 is 0 Å². The molecule has 192 valence electrons. The molecule has 2 amide bonds. The summed E-state index contributed by atoms with van der Waals surface area (Å²) in [6, 6.07) is 5.96. The topological polar surface area (TPSA) is 114 Å². The summed E-state index contributed by atoms with van der Waals surface area (Å²) in [6.07, 6.45) is 8.98. The number of amides is 2. The lowest BCUT2D eigenvalue weighted by Gasteiger charge is -2.20. The molecule has 1 fully saturated rings. The van der Waals surface area contributed by atoms with Crippen molar-refractivity contribution in [1.82, 2.24) is 29.8 Å². The maximum Gasteiger partial charge on any atom is 0.260 e. The van der Waals surface area contributed by atoms with Gasteiger partial charge in [-0.15, -0.1) is 11.3 Å². The highest BCUT2D eigenvalue weighted by molar-refractivity contribution is 7.21. The molecule has 0 spiro atoms. The van der Waals surface area contributed by atoms with Crippen molar-refractivity contribution in [3.05, 3.63) is 59.8 Å². The van der Waals surface area contributed by atoms with Crippen LogP contribution in [-0.2, 0) is 0 Å². The van der Waals surface area contributed by atoms with Crippen molar-refractivity contribution in [2.24, 2.45) is 0 Å². The SMILES string of the molecule is COc1ncccc1-c1cn2ncc(C(=O)Nc3cc(C(=O)NCCN4CCCC4C)cnc3C)c2s1. The Morgan fingerprint density at radius 3 is 2.89 bits per heavy atom. The second-order valence-electron chi connectivity index (χ2n) is 9.06. The van der Waals surface area contributed by atoms with Crippen LogP contribution in [0.3, 0.4) is 0 Å². The van der Waals surface area contributed by atoms with Crippen molar-refractivity contribution in [2.75, 3.05) is 32.1 Å². The van der Waals surface area contributed by atoms with E-state index in [1.807, 2.05) is 18.3 Å². The molecule has 1 aliphatic heterocycles. The van der Waals surface area contributed by atoms with Crippen molar-refractivity contribution < 1.29 is 14.3 Å². The molecule has 0 aromatic carbocycles. The molecule has 1 saturated heterocycles. The number of carbonyl (C=O) groups is 2. The van der Waals surface area contributed by atoms with E-state index in [0.29, 0.717) is 45.8 Å². The van der Waals surface area contributed by atoms with E-state index in [1.54, 1.807) is 30.8 Å². The van der Waals surface area contributed by atoms with E-state index in [-0.39, 0.29) is 11.8 Å². The highest BCUT2D eigenvalue weighted by Crippen LogP contribution is 2.35. The van der Waals surface area contributed by atoms with Crippen molar-refractivity contribution >= 4 is 33.7 Å². The summed E-state index contributed by atoms with van der Waals surface area (Å²) < 4.78 is 7.04. The standard InChI is InChI=1S/C26H29N7O3S/c1-16-6-5-10-32(16)11-9-27-23(34)18-12-21(17(2)29-13-18)31-24(35)20-14-30-33-15-22(37-26(20)33)19-7-4-8-28-25(19)36-3/h4,7-8,12-16H,5-6,9-11H2,1-3H3,(H,27,34)(H,31,35). The molecule has 1 unspecified atom stereocenters. The minimum absolute atomic E-state index is 0.212. The molecule has 0 bridgehead atoms. The first-order chi connectivity index (χ1) is 17.9. The third-order valence-electron chi connectivity index (χ3n) is 6.64. The number of ether oxygens (including phenoxy) is 1. The fourth-order valence-corrected chi connectivity index (χ4v) is 5.60.